The molecule has 0 saturated carbocycles. The minimum absolute atomic E-state index is 0.0223. The summed E-state index contributed by atoms with van der Waals surface area (Å²) in [6.07, 6.45) is 1.20. The molecule has 2 aromatic rings. The average molecular weight is 948 g/mol. The number of imidazole rings is 1. The molecule has 2 amide bonds. The van der Waals surface area contributed by atoms with E-state index in [1.807, 2.05) is 6.08 Å². The van der Waals surface area contributed by atoms with Crippen LogP contribution in [-0.2, 0) is 55.5 Å². The smallest absolute Gasteiger partial charge is 0.481 e. The highest BCUT2D eigenvalue weighted by Gasteiger charge is 2.50. The molecule has 26 nitrogen and oxygen atoms in total. The number of allylic oxidation sites excluding steroid dienone is 3. The number of unbranched alkanes of at least 4 members (excludes halogenated alkanes) is 1. The predicted octanol–water partition coefficient (Wildman–Crippen LogP) is 0.422. The minimum atomic E-state index is -5.59. The Kier molecular flexibility index (Phi) is 19.8. The van der Waals surface area contributed by atoms with Gasteiger partial charge in [0.2, 0.25) is 11.8 Å². The fourth-order valence-electron chi connectivity index (χ4n) is 5.15. The van der Waals surface area contributed by atoms with Gasteiger partial charge in [0.15, 0.2) is 22.8 Å². The van der Waals surface area contributed by atoms with Crippen LogP contribution in [0.5, 0.6) is 0 Å². The van der Waals surface area contributed by atoms with E-state index in [9.17, 15) is 62.7 Å². The van der Waals surface area contributed by atoms with E-state index in [0.717, 1.165) is 29.0 Å². The first kappa shape index (κ1) is 51.9. The number of anilines is 1. The fraction of sp³-hybridized carbons (Fsp3) is 0.581. The number of nitrogens with one attached hydrogen (secondary N) is 2. The quantitative estimate of drug-likeness (QED) is 0.0347. The minimum Gasteiger partial charge on any atom is -0.481 e. The number of hydrogen-bond acceptors (Lipinski definition) is 19. The first-order chi connectivity index (χ1) is 28.4. The van der Waals surface area contributed by atoms with E-state index in [4.69, 9.17) is 24.6 Å². The summed E-state index contributed by atoms with van der Waals surface area (Å²) in [6, 6.07) is 0. The van der Waals surface area contributed by atoms with Gasteiger partial charge in [-0.25, -0.2) is 28.6 Å². The molecule has 0 spiro atoms. The molecule has 3 heterocycles. The Bertz CT molecular complexity index is 2050. The predicted molar refractivity (Wildman–Crippen MR) is 211 cm³/mol. The lowest BCUT2D eigenvalue weighted by molar-refractivity contribution is -0.137. The molecule has 30 heteroatoms. The summed E-state index contributed by atoms with van der Waals surface area (Å²) in [5.74, 6) is -2.15. The second-order valence-electron chi connectivity index (χ2n) is 13.6. The Labute approximate surface area is 351 Å². The number of carbonyl (C=O) groups is 4. The van der Waals surface area contributed by atoms with Crippen molar-refractivity contribution in [3.05, 3.63) is 37.0 Å². The van der Waals surface area contributed by atoms with Gasteiger partial charge >= 0.3 is 29.4 Å². The fourth-order valence-corrected chi connectivity index (χ4v) is 8.62. The van der Waals surface area contributed by atoms with Gasteiger partial charge in [0.1, 0.15) is 36.3 Å². The number of fused-ring (bicyclic) bond motifs is 1. The van der Waals surface area contributed by atoms with Gasteiger partial charge in [0.25, 0.3) is 0 Å². The van der Waals surface area contributed by atoms with Crippen LogP contribution in [0.3, 0.4) is 0 Å². The number of amides is 2. The van der Waals surface area contributed by atoms with Crippen LogP contribution in [0.4, 0.5) is 5.82 Å². The summed E-state index contributed by atoms with van der Waals surface area (Å²) in [5.41, 5.74) is 4.22. The summed E-state index contributed by atoms with van der Waals surface area (Å²) in [5, 5.41) is 34.8. The number of hydrogen-bond donors (Lipinski definition) is 10. The molecule has 0 aromatic carbocycles. The maximum atomic E-state index is 12.7. The normalized spacial score (nSPS) is 21.0. The number of nitrogens with two attached hydrogens (primary N) is 1. The molecule has 1 aliphatic heterocycles. The van der Waals surface area contributed by atoms with Gasteiger partial charge in [-0.05, 0) is 12.8 Å². The van der Waals surface area contributed by atoms with Crippen LogP contribution in [0, 0.1) is 5.41 Å². The molecule has 61 heavy (non-hydrogen) atoms. The van der Waals surface area contributed by atoms with E-state index in [1.54, 1.807) is 18.2 Å². The number of aliphatic carboxylic acids is 1. The molecule has 0 aliphatic carbocycles. The molecule has 3 rings (SSSR count). The van der Waals surface area contributed by atoms with E-state index in [2.05, 4.69) is 34.4 Å². The van der Waals surface area contributed by atoms with E-state index < -0.39 is 90.5 Å². The van der Waals surface area contributed by atoms with Gasteiger partial charge in [0, 0.05) is 37.1 Å². The molecule has 2 aromatic heterocycles. The zero-order valence-electron chi connectivity index (χ0n) is 32.6. The summed E-state index contributed by atoms with van der Waals surface area (Å²) in [4.78, 5) is 98.2. The maximum Gasteiger partial charge on any atom is 0.481 e. The SMILES string of the molecule is CC(C)(COP(=O)(O)OP(=O)(O)OCC1OC(n2cnc3c(N)ncnc32)C(O)C1OP(=O)(O)O)C(O)C(=O)NCCC(=O)NCCSC(=O)C/C=C/CC/C=C/CC(=O)O. The topological polar surface area (TPSA) is 401 Å². The van der Waals surface area contributed by atoms with Crippen molar-refractivity contribution in [2.75, 3.05) is 37.8 Å². The largest absolute Gasteiger partial charge is 0.481 e. The van der Waals surface area contributed by atoms with Gasteiger partial charge in [0.05, 0.1) is 26.0 Å². The van der Waals surface area contributed by atoms with Gasteiger partial charge in [-0.2, -0.15) is 4.31 Å². The Balaban J connectivity index is 1.41. The van der Waals surface area contributed by atoms with Crippen molar-refractivity contribution in [3.8, 4) is 0 Å². The second-order valence-corrected chi connectivity index (χ2v) is 19.0. The number of aliphatic hydroxyl groups is 2. The molecule has 11 N–H and O–H groups in total. The number of carboxylic acids is 1. The number of thioether (sulfide) groups is 1. The summed E-state index contributed by atoms with van der Waals surface area (Å²) in [7, 11) is -16.4. The van der Waals surface area contributed by atoms with Crippen LogP contribution >= 0.6 is 35.2 Å². The second kappa shape index (κ2) is 23.3. The summed E-state index contributed by atoms with van der Waals surface area (Å²) in [6.45, 7) is 0.357. The Hall–Kier alpha value is -3.49. The number of aromatic nitrogens is 4. The van der Waals surface area contributed by atoms with Crippen molar-refractivity contribution in [1.29, 1.82) is 0 Å². The third-order valence-corrected chi connectivity index (χ3v) is 12.2. The number of nitrogens with zero attached hydrogens (tertiary/aromatic N) is 4. The molecule has 342 valence electrons. The van der Waals surface area contributed by atoms with Gasteiger partial charge in [-0.15, -0.1) is 0 Å². The monoisotopic (exact) mass is 947 g/mol. The molecular weight excluding hydrogens is 899 g/mol. The van der Waals surface area contributed by atoms with E-state index in [1.165, 1.54) is 13.8 Å². The molecule has 1 fully saturated rings. The Morgan fingerprint density at radius 1 is 0.984 bits per heavy atom. The highest BCUT2D eigenvalue weighted by molar-refractivity contribution is 8.13. The Morgan fingerprint density at radius 3 is 2.30 bits per heavy atom. The molecular formula is C31H48N7O19P3S. The average Bonchev–Trinajstić information content (AvgIpc) is 3.72. The molecule has 7 unspecified atom stereocenters. The third kappa shape index (κ3) is 17.7. The molecule has 1 aliphatic rings. The number of aliphatic hydroxyl groups excluding tert-OH is 2. The van der Waals surface area contributed by atoms with E-state index in [-0.39, 0.29) is 60.2 Å². The van der Waals surface area contributed by atoms with Crippen LogP contribution in [0.2, 0.25) is 0 Å². The molecule has 0 radical (unpaired) electrons. The Morgan fingerprint density at radius 2 is 1.64 bits per heavy atom. The van der Waals surface area contributed by atoms with Gasteiger partial charge < -0.3 is 56.0 Å². The lowest BCUT2D eigenvalue weighted by Gasteiger charge is -2.30. The highest BCUT2D eigenvalue weighted by atomic mass is 32.2. The number of carbonyl (C=O) groups excluding carboxylic acids is 3. The van der Waals surface area contributed by atoms with Crippen LogP contribution in [-0.4, -0.2) is 134 Å². The maximum absolute atomic E-state index is 12.7. The number of phosphoric ester groups is 3. The van der Waals surface area contributed by atoms with Crippen molar-refractivity contribution >= 4 is 75.1 Å². The first-order valence-corrected chi connectivity index (χ1v) is 23.5. The van der Waals surface area contributed by atoms with E-state index >= 15 is 0 Å². The number of nitrogen functional groups attached to an aromatic ring is 1. The lowest BCUT2D eigenvalue weighted by Crippen LogP contribution is -2.46. The van der Waals surface area contributed by atoms with E-state index in [0.29, 0.717) is 12.8 Å². The molecule has 0 bridgehead atoms. The molecule has 1 saturated heterocycles. The zero-order chi connectivity index (χ0) is 45.6. The van der Waals surface area contributed by atoms with Crippen molar-refractivity contribution in [1.82, 2.24) is 30.2 Å². The van der Waals surface area contributed by atoms with Crippen molar-refractivity contribution in [2.24, 2.45) is 5.41 Å². The number of rotatable bonds is 26. The van der Waals surface area contributed by atoms with Crippen molar-refractivity contribution < 1.29 is 90.4 Å². The van der Waals surface area contributed by atoms with Gasteiger partial charge in [-0.3, -0.25) is 37.3 Å². The lowest BCUT2D eigenvalue weighted by atomic mass is 9.87. The van der Waals surface area contributed by atoms with Crippen molar-refractivity contribution in [3.63, 3.8) is 0 Å². The standard InChI is InChI=1S/C31H48N7O19P3S/c1-31(2,26(44)29(45)34-12-11-20(39)33-13-14-61-22(42)10-8-6-4-3-5-7-9-21(40)41)16-54-60(51,52)57-59(49,50)53-15-19-25(56-58(46,47)48)24(43)30(55-19)38-18-37-23-27(32)35-17-36-28(23)38/h5-8,17-19,24-26,30,43-44H,3-4,9-16H2,1-2H3,(H,33,39)(H,34,45)(H,40,41)(H,49,50)(H,51,52)(H2,32,35,36)(H2,46,47,48)/b7-5+,8-6+. The zero-order valence-corrected chi connectivity index (χ0v) is 36.1. The van der Waals surface area contributed by atoms with Crippen LogP contribution in [0.25, 0.3) is 11.2 Å². The van der Waals surface area contributed by atoms with Crippen LogP contribution < -0.4 is 16.4 Å². The van der Waals surface area contributed by atoms with Crippen LogP contribution in [0.15, 0.2) is 37.0 Å². The van der Waals surface area contributed by atoms with Gasteiger partial charge in [-0.1, -0.05) is 49.9 Å². The number of ether oxygens (including phenoxy) is 1. The summed E-state index contributed by atoms with van der Waals surface area (Å²) >= 11 is 1.01. The first-order valence-electron chi connectivity index (χ1n) is 18.0. The highest BCUT2D eigenvalue weighted by Crippen LogP contribution is 2.61. The van der Waals surface area contributed by atoms with Crippen LogP contribution in [0.1, 0.15) is 52.2 Å². The number of carboxylic acid groups (broad SMARTS) is 1. The third-order valence-electron chi connectivity index (χ3n) is 8.18. The number of phosphoric acid groups is 3. The molecule has 7 atom stereocenters. The summed E-state index contributed by atoms with van der Waals surface area (Å²) < 4.78 is 62.1. The van der Waals surface area contributed by atoms with Crippen molar-refractivity contribution in [2.45, 2.75) is 76.6 Å².